The number of pyridine rings is 1. The van der Waals surface area contributed by atoms with E-state index in [1.807, 2.05) is 42.4 Å². The normalized spacial score (nSPS) is 18.1. The summed E-state index contributed by atoms with van der Waals surface area (Å²) in [5.74, 6) is 1.16. The average molecular weight is 291 g/mol. The molecule has 98 valence electrons. The lowest BCUT2D eigenvalue weighted by atomic mass is 10.0. The quantitative estimate of drug-likeness (QED) is 0.923. The first-order valence-corrected chi connectivity index (χ1v) is 7.74. The Morgan fingerprint density at radius 1 is 1.26 bits per heavy atom. The van der Waals surface area contributed by atoms with Gasteiger partial charge in [0, 0.05) is 34.9 Å². The maximum absolute atomic E-state index is 6.11. The van der Waals surface area contributed by atoms with Crippen LogP contribution in [0, 0.1) is 0 Å². The van der Waals surface area contributed by atoms with Crippen LogP contribution in [0.1, 0.15) is 23.6 Å². The Hall–Kier alpha value is -1.03. The van der Waals surface area contributed by atoms with Gasteiger partial charge < -0.3 is 5.32 Å². The summed E-state index contributed by atoms with van der Waals surface area (Å²) >= 11 is 8.03. The molecule has 0 aliphatic carbocycles. The summed E-state index contributed by atoms with van der Waals surface area (Å²) < 4.78 is 0. The van der Waals surface area contributed by atoms with Gasteiger partial charge in [0.15, 0.2) is 0 Å². The smallest absolute Gasteiger partial charge is 0.0410 e. The second-order valence-corrected chi connectivity index (χ2v) is 6.18. The highest BCUT2D eigenvalue weighted by Crippen LogP contribution is 2.37. The van der Waals surface area contributed by atoms with Crippen molar-refractivity contribution in [3.63, 3.8) is 0 Å². The molecule has 1 aromatic heterocycles. The van der Waals surface area contributed by atoms with E-state index < -0.39 is 0 Å². The highest BCUT2D eigenvalue weighted by Gasteiger charge is 2.20. The average Bonchev–Trinajstić information content (AvgIpc) is 2.46. The van der Waals surface area contributed by atoms with Crippen LogP contribution in [0.4, 0.5) is 0 Å². The minimum atomic E-state index is 0.392. The van der Waals surface area contributed by atoms with Gasteiger partial charge in [-0.2, -0.15) is 0 Å². The molecule has 0 saturated heterocycles. The largest absolute Gasteiger partial charge is 0.306 e. The first kappa shape index (κ1) is 13.0. The number of hydrogen-bond donors (Lipinski definition) is 1. The molecule has 1 aliphatic rings. The lowest BCUT2D eigenvalue weighted by Crippen LogP contribution is -2.24. The highest BCUT2D eigenvalue weighted by molar-refractivity contribution is 7.99. The number of rotatable bonds is 3. The fourth-order valence-corrected chi connectivity index (χ4v) is 3.61. The predicted molar refractivity (Wildman–Crippen MR) is 80.6 cm³/mol. The number of fused-ring (bicyclic) bond motifs is 1. The van der Waals surface area contributed by atoms with Gasteiger partial charge in [-0.1, -0.05) is 11.6 Å². The molecule has 2 nitrogen and oxygen atoms in total. The molecule has 0 bridgehead atoms. The van der Waals surface area contributed by atoms with E-state index in [4.69, 9.17) is 11.6 Å². The van der Waals surface area contributed by atoms with Crippen LogP contribution in [0.25, 0.3) is 0 Å². The van der Waals surface area contributed by atoms with E-state index >= 15 is 0 Å². The van der Waals surface area contributed by atoms with Crippen molar-refractivity contribution in [2.24, 2.45) is 0 Å². The van der Waals surface area contributed by atoms with Crippen LogP contribution in [0.3, 0.4) is 0 Å². The van der Waals surface area contributed by atoms with Crippen molar-refractivity contribution in [3.05, 3.63) is 58.9 Å². The molecule has 1 atom stereocenters. The summed E-state index contributed by atoms with van der Waals surface area (Å²) in [6.45, 7) is 0.865. The summed E-state index contributed by atoms with van der Waals surface area (Å²) in [5.41, 5.74) is 2.59. The first-order chi connectivity index (χ1) is 9.33. The molecule has 1 aromatic carbocycles. The van der Waals surface area contributed by atoms with Gasteiger partial charge >= 0.3 is 0 Å². The van der Waals surface area contributed by atoms with Gasteiger partial charge in [0.2, 0.25) is 0 Å². The minimum Gasteiger partial charge on any atom is -0.306 e. The number of halogens is 1. The number of aromatic nitrogens is 1. The molecule has 1 N–H and O–H groups in total. The summed E-state index contributed by atoms with van der Waals surface area (Å²) in [6.07, 6.45) is 4.81. The van der Waals surface area contributed by atoms with Crippen molar-refractivity contribution in [2.75, 3.05) is 5.75 Å². The molecule has 2 aromatic rings. The molecule has 3 rings (SSSR count). The van der Waals surface area contributed by atoms with Crippen LogP contribution in [-0.2, 0) is 6.54 Å². The number of hydrogen-bond acceptors (Lipinski definition) is 3. The standard InChI is InChI=1S/C15H15ClN2S/c16-12-1-2-15-13(9-12)14(5-8-19-15)18-10-11-3-6-17-7-4-11/h1-4,6-7,9,14,18H,5,8,10H2. The Kier molecular flexibility index (Phi) is 4.06. The van der Waals surface area contributed by atoms with Crippen molar-refractivity contribution in [1.82, 2.24) is 10.3 Å². The third-order valence-corrected chi connectivity index (χ3v) is 4.67. The maximum Gasteiger partial charge on any atom is 0.0410 e. The van der Waals surface area contributed by atoms with E-state index in [0.717, 1.165) is 23.7 Å². The Bertz CT molecular complexity index is 559. The molecule has 0 amide bonds. The molecule has 2 heterocycles. The topological polar surface area (TPSA) is 24.9 Å². The lowest BCUT2D eigenvalue weighted by molar-refractivity contribution is 0.510. The van der Waals surface area contributed by atoms with Crippen molar-refractivity contribution in [2.45, 2.75) is 23.9 Å². The van der Waals surface area contributed by atoms with E-state index in [2.05, 4.69) is 22.4 Å². The number of thioether (sulfide) groups is 1. The van der Waals surface area contributed by atoms with Crippen molar-refractivity contribution >= 4 is 23.4 Å². The first-order valence-electron chi connectivity index (χ1n) is 6.37. The fourth-order valence-electron chi connectivity index (χ4n) is 2.32. The summed E-state index contributed by atoms with van der Waals surface area (Å²) in [6, 6.07) is 10.7. The molecule has 1 unspecified atom stereocenters. The second-order valence-electron chi connectivity index (χ2n) is 4.61. The van der Waals surface area contributed by atoms with Crippen LogP contribution in [0.2, 0.25) is 5.02 Å². The predicted octanol–water partition coefficient (Wildman–Crippen LogP) is 4.06. The summed E-state index contributed by atoms with van der Waals surface area (Å²) in [5, 5.41) is 4.44. The van der Waals surface area contributed by atoms with Crippen LogP contribution in [0.5, 0.6) is 0 Å². The van der Waals surface area contributed by atoms with Crippen molar-refractivity contribution < 1.29 is 0 Å². The zero-order valence-electron chi connectivity index (χ0n) is 10.5. The monoisotopic (exact) mass is 290 g/mol. The van der Waals surface area contributed by atoms with E-state index in [0.29, 0.717) is 6.04 Å². The third kappa shape index (κ3) is 3.11. The summed E-state index contributed by atoms with van der Waals surface area (Å²) in [7, 11) is 0. The summed E-state index contributed by atoms with van der Waals surface area (Å²) in [4.78, 5) is 5.39. The Morgan fingerprint density at radius 3 is 2.95 bits per heavy atom. The highest BCUT2D eigenvalue weighted by atomic mass is 35.5. The number of benzene rings is 1. The van der Waals surface area contributed by atoms with Crippen LogP contribution >= 0.6 is 23.4 Å². The van der Waals surface area contributed by atoms with Gasteiger partial charge in [-0.15, -0.1) is 11.8 Å². The zero-order chi connectivity index (χ0) is 13.1. The second kappa shape index (κ2) is 5.95. The molecule has 19 heavy (non-hydrogen) atoms. The maximum atomic E-state index is 6.11. The van der Waals surface area contributed by atoms with E-state index in [9.17, 15) is 0 Å². The van der Waals surface area contributed by atoms with E-state index in [1.165, 1.54) is 16.0 Å². The zero-order valence-corrected chi connectivity index (χ0v) is 12.0. The molecule has 0 radical (unpaired) electrons. The van der Waals surface area contributed by atoms with E-state index in [1.54, 1.807) is 0 Å². The third-order valence-electron chi connectivity index (χ3n) is 3.31. The molecular formula is C15H15ClN2S. The van der Waals surface area contributed by atoms with Gasteiger partial charge in [0.05, 0.1) is 0 Å². The number of nitrogens with zero attached hydrogens (tertiary/aromatic N) is 1. The van der Waals surface area contributed by atoms with Crippen LogP contribution in [-0.4, -0.2) is 10.7 Å². The molecule has 0 fully saturated rings. The van der Waals surface area contributed by atoms with Crippen molar-refractivity contribution in [3.8, 4) is 0 Å². The van der Waals surface area contributed by atoms with Gasteiger partial charge in [0.25, 0.3) is 0 Å². The Labute approximate surface area is 122 Å². The molecule has 1 aliphatic heterocycles. The van der Waals surface area contributed by atoms with Gasteiger partial charge in [-0.25, -0.2) is 0 Å². The minimum absolute atomic E-state index is 0.392. The fraction of sp³-hybridized carbons (Fsp3) is 0.267. The van der Waals surface area contributed by atoms with Gasteiger partial charge in [-0.05, 0) is 53.6 Å². The SMILES string of the molecule is Clc1ccc2c(c1)C(NCc1ccncc1)CCS2. The van der Waals surface area contributed by atoms with Crippen LogP contribution < -0.4 is 5.32 Å². The van der Waals surface area contributed by atoms with Gasteiger partial charge in [0.1, 0.15) is 0 Å². The lowest BCUT2D eigenvalue weighted by Gasteiger charge is -2.26. The molecule has 0 spiro atoms. The molecular weight excluding hydrogens is 276 g/mol. The Morgan fingerprint density at radius 2 is 2.11 bits per heavy atom. The van der Waals surface area contributed by atoms with Crippen molar-refractivity contribution in [1.29, 1.82) is 0 Å². The van der Waals surface area contributed by atoms with Crippen LogP contribution in [0.15, 0.2) is 47.6 Å². The number of nitrogens with one attached hydrogen (secondary N) is 1. The van der Waals surface area contributed by atoms with Gasteiger partial charge in [-0.3, -0.25) is 4.98 Å². The van der Waals surface area contributed by atoms with E-state index in [-0.39, 0.29) is 0 Å². The molecule has 0 saturated carbocycles. The Balaban J connectivity index is 1.75. The molecule has 4 heteroatoms.